The highest BCUT2D eigenvalue weighted by atomic mass is 32.1. The Kier molecular flexibility index (Phi) is 4.04. The molecule has 0 aliphatic carbocycles. The second kappa shape index (κ2) is 5.59. The Morgan fingerprint density at radius 2 is 1.75 bits per heavy atom. The molecule has 2 rings (SSSR count). The van der Waals surface area contributed by atoms with Crippen LogP contribution in [0.1, 0.15) is 22.4 Å². The first kappa shape index (κ1) is 14.5. The van der Waals surface area contributed by atoms with Crippen molar-refractivity contribution in [3.63, 3.8) is 0 Å². The summed E-state index contributed by atoms with van der Waals surface area (Å²) < 4.78 is 0. The van der Waals surface area contributed by atoms with Crippen LogP contribution in [-0.2, 0) is 0 Å². The second-order valence-corrected chi connectivity index (χ2v) is 5.48. The quantitative estimate of drug-likeness (QED) is 0.878. The van der Waals surface area contributed by atoms with Crippen LogP contribution in [0.3, 0.4) is 0 Å². The monoisotopic (exact) mass is 285 g/mol. The third kappa shape index (κ3) is 2.80. The lowest BCUT2D eigenvalue weighted by atomic mass is 10.1. The Labute approximate surface area is 125 Å². The van der Waals surface area contributed by atoms with Crippen molar-refractivity contribution in [1.29, 1.82) is 0 Å². The predicted molar refractivity (Wildman–Crippen MR) is 88.8 cm³/mol. The molecule has 0 unspecified atom stereocenters. The van der Waals surface area contributed by atoms with Crippen molar-refractivity contribution in [3.05, 3.63) is 52.7 Å². The van der Waals surface area contributed by atoms with Crippen LogP contribution < -0.4 is 10.6 Å². The van der Waals surface area contributed by atoms with Crippen LogP contribution in [0.25, 0.3) is 0 Å². The number of aromatic nitrogens is 1. The molecule has 0 saturated carbocycles. The van der Waals surface area contributed by atoms with Crippen LogP contribution in [0.5, 0.6) is 0 Å². The first-order chi connectivity index (χ1) is 9.40. The van der Waals surface area contributed by atoms with Gasteiger partial charge in [0.1, 0.15) is 10.8 Å². The Morgan fingerprint density at radius 3 is 2.30 bits per heavy atom. The first-order valence-corrected chi connectivity index (χ1v) is 6.89. The lowest BCUT2D eigenvalue weighted by Crippen LogP contribution is -2.21. The van der Waals surface area contributed by atoms with Gasteiger partial charge in [-0.1, -0.05) is 29.9 Å². The predicted octanol–water partition coefficient (Wildman–Crippen LogP) is 3.41. The number of hydrogen-bond donors (Lipinski definition) is 1. The molecule has 1 heterocycles. The lowest BCUT2D eigenvalue weighted by Gasteiger charge is -2.23. The van der Waals surface area contributed by atoms with Crippen LogP contribution in [0.4, 0.5) is 11.5 Å². The number of nitrogens with two attached hydrogens (primary N) is 1. The number of anilines is 2. The zero-order chi connectivity index (χ0) is 14.9. The van der Waals surface area contributed by atoms with Crippen molar-refractivity contribution in [2.75, 3.05) is 11.9 Å². The second-order valence-electron chi connectivity index (χ2n) is 5.04. The van der Waals surface area contributed by atoms with Gasteiger partial charge < -0.3 is 10.6 Å². The van der Waals surface area contributed by atoms with Crippen molar-refractivity contribution in [2.24, 2.45) is 5.73 Å². The number of benzene rings is 1. The van der Waals surface area contributed by atoms with E-state index in [4.69, 9.17) is 18.0 Å². The summed E-state index contributed by atoms with van der Waals surface area (Å²) in [6.45, 7) is 6.05. The van der Waals surface area contributed by atoms with E-state index < -0.39 is 0 Å². The molecule has 0 saturated heterocycles. The minimum Gasteiger partial charge on any atom is -0.389 e. The molecule has 0 aliphatic heterocycles. The van der Waals surface area contributed by atoms with E-state index >= 15 is 0 Å². The molecule has 2 aromatic rings. The third-order valence-corrected chi connectivity index (χ3v) is 3.52. The molecule has 0 radical (unpaired) electrons. The largest absolute Gasteiger partial charge is 0.389 e. The van der Waals surface area contributed by atoms with Crippen molar-refractivity contribution in [3.8, 4) is 0 Å². The van der Waals surface area contributed by atoms with Gasteiger partial charge in [-0.25, -0.2) is 4.98 Å². The fraction of sp³-hybridized carbons (Fsp3) is 0.250. The highest BCUT2D eigenvalue weighted by molar-refractivity contribution is 7.80. The smallest absolute Gasteiger partial charge is 0.143 e. The molecule has 0 fully saturated rings. The van der Waals surface area contributed by atoms with Gasteiger partial charge in [0.05, 0.1) is 5.56 Å². The SMILES string of the molecule is Cc1ccc(N(C)c2nc(C)cc(C)c2C(N)=S)cc1. The minimum atomic E-state index is 0.379. The fourth-order valence-corrected chi connectivity index (χ4v) is 2.51. The van der Waals surface area contributed by atoms with Gasteiger partial charge in [-0.05, 0) is 44.5 Å². The normalized spacial score (nSPS) is 10.4. The molecule has 3 nitrogen and oxygen atoms in total. The summed E-state index contributed by atoms with van der Waals surface area (Å²) in [6, 6.07) is 10.3. The molecule has 0 bridgehead atoms. The van der Waals surface area contributed by atoms with Crippen LogP contribution in [0, 0.1) is 20.8 Å². The summed E-state index contributed by atoms with van der Waals surface area (Å²) in [5.41, 5.74) is 11.0. The van der Waals surface area contributed by atoms with Crippen molar-refractivity contribution >= 4 is 28.7 Å². The molecule has 4 heteroatoms. The summed E-state index contributed by atoms with van der Waals surface area (Å²) in [6.07, 6.45) is 0. The molecule has 2 N–H and O–H groups in total. The number of rotatable bonds is 3. The highest BCUT2D eigenvalue weighted by Gasteiger charge is 2.16. The van der Waals surface area contributed by atoms with E-state index in [1.807, 2.05) is 31.9 Å². The van der Waals surface area contributed by atoms with Crippen LogP contribution in [0.15, 0.2) is 30.3 Å². The maximum absolute atomic E-state index is 5.87. The van der Waals surface area contributed by atoms with E-state index in [9.17, 15) is 0 Å². The average Bonchev–Trinajstić information content (AvgIpc) is 2.37. The number of aryl methyl sites for hydroxylation is 3. The summed E-state index contributed by atoms with van der Waals surface area (Å²) in [4.78, 5) is 7.01. The number of thiocarbonyl (C=S) groups is 1. The standard InChI is InChI=1S/C16H19N3S/c1-10-5-7-13(8-6-10)19(4)16-14(15(17)20)11(2)9-12(3)18-16/h5-9H,1-4H3,(H2,17,20). The Hall–Kier alpha value is -1.94. The third-order valence-electron chi connectivity index (χ3n) is 3.31. The van der Waals surface area contributed by atoms with E-state index in [1.54, 1.807) is 0 Å². The van der Waals surface area contributed by atoms with E-state index in [-0.39, 0.29) is 0 Å². The molecular formula is C16H19N3S. The molecule has 0 spiro atoms. The van der Waals surface area contributed by atoms with E-state index in [0.717, 1.165) is 28.3 Å². The molecule has 0 atom stereocenters. The van der Waals surface area contributed by atoms with E-state index in [1.165, 1.54) is 5.56 Å². The average molecular weight is 285 g/mol. The minimum absolute atomic E-state index is 0.379. The zero-order valence-corrected chi connectivity index (χ0v) is 13.1. The van der Waals surface area contributed by atoms with Crippen molar-refractivity contribution in [2.45, 2.75) is 20.8 Å². The topological polar surface area (TPSA) is 42.2 Å². The van der Waals surface area contributed by atoms with Gasteiger partial charge in [0.15, 0.2) is 0 Å². The molecule has 104 valence electrons. The summed E-state index contributed by atoms with van der Waals surface area (Å²) in [5, 5.41) is 0. The van der Waals surface area contributed by atoms with Gasteiger partial charge in [-0.3, -0.25) is 0 Å². The molecular weight excluding hydrogens is 266 g/mol. The zero-order valence-electron chi connectivity index (χ0n) is 12.3. The van der Waals surface area contributed by atoms with E-state index in [0.29, 0.717) is 4.99 Å². The van der Waals surface area contributed by atoms with E-state index in [2.05, 4.69) is 36.2 Å². The highest BCUT2D eigenvalue weighted by Crippen LogP contribution is 2.28. The summed E-state index contributed by atoms with van der Waals surface area (Å²) in [5.74, 6) is 0.804. The number of nitrogens with zero attached hydrogens (tertiary/aromatic N) is 2. The Balaban J connectivity index is 2.56. The molecule has 1 aromatic heterocycles. The van der Waals surface area contributed by atoms with Crippen LogP contribution >= 0.6 is 12.2 Å². The van der Waals surface area contributed by atoms with Crippen LogP contribution in [0.2, 0.25) is 0 Å². The van der Waals surface area contributed by atoms with Gasteiger partial charge in [-0.2, -0.15) is 0 Å². The van der Waals surface area contributed by atoms with Gasteiger partial charge in [0, 0.05) is 18.4 Å². The van der Waals surface area contributed by atoms with Crippen LogP contribution in [-0.4, -0.2) is 17.0 Å². The van der Waals surface area contributed by atoms with Gasteiger partial charge in [0.25, 0.3) is 0 Å². The summed E-state index contributed by atoms with van der Waals surface area (Å²) in [7, 11) is 1.98. The molecule has 1 aromatic carbocycles. The van der Waals surface area contributed by atoms with Gasteiger partial charge in [-0.15, -0.1) is 0 Å². The van der Waals surface area contributed by atoms with Gasteiger partial charge >= 0.3 is 0 Å². The fourth-order valence-electron chi connectivity index (χ4n) is 2.25. The molecule has 20 heavy (non-hydrogen) atoms. The number of hydrogen-bond acceptors (Lipinski definition) is 3. The lowest BCUT2D eigenvalue weighted by molar-refractivity contribution is 1.07. The van der Waals surface area contributed by atoms with Crippen molar-refractivity contribution in [1.82, 2.24) is 4.98 Å². The number of pyridine rings is 1. The molecule has 0 amide bonds. The Bertz CT molecular complexity index is 648. The first-order valence-electron chi connectivity index (χ1n) is 6.48. The van der Waals surface area contributed by atoms with Crippen molar-refractivity contribution < 1.29 is 0 Å². The maximum atomic E-state index is 5.87. The Morgan fingerprint density at radius 1 is 1.15 bits per heavy atom. The maximum Gasteiger partial charge on any atom is 0.143 e. The summed E-state index contributed by atoms with van der Waals surface area (Å²) >= 11 is 5.18. The molecule has 0 aliphatic rings. The van der Waals surface area contributed by atoms with Gasteiger partial charge in [0.2, 0.25) is 0 Å².